The normalized spacial score (nSPS) is 10.8. The second kappa shape index (κ2) is 9.54. The molecule has 0 aliphatic rings. The summed E-state index contributed by atoms with van der Waals surface area (Å²) in [5.74, 6) is 1.11. The second-order valence-electron chi connectivity index (χ2n) is 5.24. The molecular formula is C17H19BrN4O3S. The topological polar surface area (TPSA) is 85.7 Å². The molecule has 26 heavy (non-hydrogen) atoms. The summed E-state index contributed by atoms with van der Waals surface area (Å²) in [6.07, 6.45) is 1.53. The predicted molar refractivity (Wildman–Crippen MR) is 105 cm³/mol. The first-order valence-electron chi connectivity index (χ1n) is 7.61. The predicted octanol–water partition coefficient (Wildman–Crippen LogP) is 3.12. The lowest BCUT2D eigenvalue weighted by Crippen LogP contribution is -2.19. The number of hydrogen-bond donors (Lipinski definition) is 1. The molecular weight excluding hydrogens is 420 g/mol. The van der Waals surface area contributed by atoms with Crippen molar-refractivity contribution in [3.8, 4) is 11.5 Å². The van der Waals surface area contributed by atoms with E-state index in [0.717, 1.165) is 21.4 Å². The van der Waals surface area contributed by atoms with Crippen molar-refractivity contribution in [2.45, 2.75) is 19.0 Å². The molecule has 1 aromatic carbocycles. The van der Waals surface area contributed by atoms with Crippen molar-refractivity contribution >= 4 is 39.8 Å². The molecule has 0 spiro atoms. The van der Waals surface area contributed by atoms with Gasteiger partial charge in [0.05, 0.1) is 26.2 Å². The van der Waals surface area contributed by atoms with E-state index in [-0.39, 0.29) is 11.7 Å². The quantitative estimate of drug-likeness (QED) is 0.309. The number of rotatable bonds is 7. The van der Waals surface area contributed by atoms with Crippen molar-refractivity contribution in [2.24, 2.45) is 5.10 Å². The van der Waals surface area contributed by atoms with Crippen molar-refractivity contribution in [1.29, 1.82) is 0 Å². The molecule has 1 heterocycles. The lowest BCUT2D eigenvalue weighted by Gasteiger charge is -2.09. The molecule has 0 radical (unpaired) electrons. The number of benzene rings is 1. The maximum Gasteiger partial charge on any atom is 0.250 e. The highest BCUT2D eigenvalue weighted by molar-refractivity contribution is 9.10. The molecule has 0 aliphatic carbocycles. The van der Waals surface area contributed by atoms with Crippen LogP contribution in [0.1, 0.15) is 17.0 Å². The standard InChI is InChI=1S/C17H19BrN4O3S/c1-10-5-11(2)21-17(20-10)26-9-16(23)22-19-8-12-6-14(24-3)15(25-4)7-13(12)18/h5-8H,9H2,1-4H3,(H,22,23)/b19-8-. The van der Waals surface area contributed by atoms with Crippen LogP contribution in [0.5, 0.6) is 11.5 Å². The third kappa shape index (κ3) is 5.70. The van der Waals surface area contributed by atoms with Crippen LogP contribution in [0.4, 0.5) is 0 Å². The van der Waals surface area contributed by atoms with Gasteiger partial charge in [-0.15, -0.1) is 0 Å². The summed E-state index contributed by atoms with van der Waals surface area (Å²) in [6, 6.07) is 5.42. The zero-order valence-corrected chi connectivity index (χ0v) is 17.3. The van der Waals surface area contributed by atoms with E-state index < -0.39 is 0 Å². The van der Waals surface area contributed by atoms with Gasteiger partial charge in [0.2, 0.25) is 0 Å². The molecule has 0 aliphatic heterocycles. The number of hydrazone groups is 1. The van der Waals surface area contributed by atoms with Gasteiger partial charge in [0.25, 0.3) is 5.91 Å². The van der Waals surface area contributed by atoms with Gasteiger partial charge in [-0.3, -0.25) is 4.79 Å². The monoisotopic (exact) mass is 438 g/mol. The third-order valence-electron chi connectivity index (χ3n) is 3.19. The summed E-state index contributed by atoms with van der Waals surface area (Å²) >= 11 is 4.70. The largest absolute Gasteiger partial charge is 0.493 e. The van der Waals surface area contributed by atoms with Gasteiger partial charge in [-0.25, -0.2) is 15.4 Å². The fourth-order valence-electron chi connectivity index (χ4n) is 2.06. The summed E-state index contributed by atoms with van der Waals surface area (Å²) in [5.41, 5.74) is 4.97. The number of carbonyl (C=O) groups excluding carboxylic acids is 1. The minimum absolute atomic E-state index is 0.174. The molecule has 0 saturated carbocycles. The molecule has 7 nitrogen and oxygen atoms in total. The van der Waals surface area contributed by atoms with Gasteiger partial charge in [-0.1, -0.05) is 11.8 Å². The van der Waals surface area contributed by atoms with E-state index in [0.29, 0.717) is 16.7 Å². The first-order valence-corrected chi connectivity index (χ1v) is 9.39. The molecule has 2 rings (SSSR count). The molecule has 1 aromatic heterocycles. The van der Waals surface area contributed by atoms with Crippen LogP contribution in [0, 0.1) is 13.8 Å². The van der Waals surface area contributed by atoms with Gasteiger partial charge in [-0.2, -0.15) is 5.10 Å². The average molecular weight is 439 g/mol. The number of aromatic nitrogens is 2. The average Bonchev–Trinajstić information content (AvgIpc) is 2.60. The molecule has 1 N–H and O–H groups in total. The van der Waals surface area contributed by atoms with Gasteiger partial charge in [-0.05, 0) is 48.0 Å². The summed E-state index contributed by atoms with van der Waals surface area (Å²) in [7, 11) is 3.12. The van der Waals surface area contributed by atoms with Gasteiger partial charge in [0.15, 0.2) is 16.7 Å². The number of thioether (sulfide) groups is 1. The summed E-state index contributed by atoms with van der Waals surface area (Å²) in [4.78, 5) is 20.5. The number of amides is 1. The lowest BCUT2D eigenvalue weighted by molar-refractivity contribution is -0.118. The highest BCUT2D eigenvalue weighted by Gasteiger charge is 2.09. The zero-order chi connectivity index (χ0) is 19.1. The number of hydrogen-bond acceptors (Lipinski definition) is 7. The number of carbonyl (C=O) groups is 1. The van der Waals surface area contributed by atoms with Crippen molar-refractivity contribution in [2.75, 3.05) is 20.0 Å². The van der Waals surface area contributed by atoms with Crippen molar-refractivity contribution in [3.63, 3.8) is 0 Å². The molecule has 9 heteroatoms. The van der Waals surface area contributed by atoms with Crippen LogP contribution >= 0.6 is 27.7 Å². The Morgan fingerprint density at radius 1 is 1.19 bits per heavy atom. The number of nitrogens with one attached hydrogen (secondary N) is 1. The SMILES string of the molecule is COc1cc(Br)c(/C=N\NC(=O)CSc2nc(C)cc(C)n2)cc1OC. The Labute approximate surface area is 164 Å². The van der Waals surface area contributed by atoms with Gasteiger partial charge in [0.1, 0.15) is 0 Å². The van der Waals surface area contributed by atoms with Gasteiger partial charge >= 0.3 is 0 Å². The minimum atomic E-state index is -0.245. The number of ether oxygens (including phenoxy) is 2. The van der Waals surface area contributed by atoms with Crippen LogP contribution in [0.2, 0.25) is 0 Å². The van der Waals surface area contributed by atoms with Crippen molar-refractivity contribution in [1.82, 2.24) is 15.4 Å². The molecule has 0 saturated heterocycles. The fourth-order valence-corrected chi connectivity index (χ4v) is 3.23. The maximum atomic E-state index is 11.9. The molecule has 0 bridgehead atoms. The summed E-state index contributed by atoms with van der Waals surface area (Å²) in [5, 5.41) is 4.55. The molecule has 1 amide bonds. The minimum Gasteiger partial charge on any atom is -0.493 e. The molecule has 0 fully saturated rings. The van der Waals surface area contributed by atoms with E-state index in [2.05, 4.69) is 36.4 Å². The van der Waals surface area contributed by atoms with Crippen molar-refractivity contribution in [3.05, 3.63) is 39.6 Å². The van der Waals surface area contributed by atoms with Crippen LogP contribution in [-0.4, -0.2) is 42.1 Å². The first-order chi connectivity index (χ1) is 12.4. The number of halogens is 1. The molecule has 2 aromatic rings. The van der Waals surface area contributed by atoms with Crippen LogP contribution in [0.25, 0.3) is 0 Å². The highest BCUT2D eigenvalue weighted by atomic mass is 79.9. The Morgan fingerprint density at radius 2 is 1.81 bits per heavy atom. The summed E-state index contributed by atoms with van der Waals surface area (Å²) in [6.45, 7) is 3.79. The molecule has 138 valence electrons. The van der Waals surface area contributed by atoms with Crippen LogP contribution in [0.15, 0.2) is 32.9 Å². The Balaban J connectivity index is 1.94. The smallest absolute Gasteiger partial charge is 0.250 e. The second-order valence-corrected chi connectivity index (χ2v) is 7.04. The van der Waals surface area contributed by atoms with Crippen LogP contribution in [0.3, 0.4) is 0 Å². The van der Waals surface area contributed by atoms with E-state index in [4.69, 9.17) is 9.47 Å². The Hall–Kier alpha value is -2.13. The lowest BCUT2D eigenvalue weighted by atomic mass is 10.2. The third-order valence-corrected chi connectivity index (χ3v) is 4.72. The van der Waals surface area contributed by atoms with E-state index in [9.17, 15) is 4.79 Å². The van der Waals surface area contributed by atoms with Crippen LogP contribution < -0.4 is 14.9 Å². The molecule has 0 unspecified atom stereocenters. The van der Waals surface area contributed by atoms with Gasteiger partial charge < -0.3 is 9.47 Å². The van der Waals surface area contributed by atoms with E-state index >= 15 is 0 Å². The summed E-state index contributed by atoms with van der Waals surface area (Å²) < 4.78 is 11.2. The molecule has 0 atom stereocenters. The van der Waals surface area contributed by atoms with Crippen LogP contribution in [-0.2, 0) is 4.79 Å². The Bertz CT molecular complexity index is 810. The number of methoxy groups -OCH3 is 2. The Kier molecular flexibility index (Phi) is 7.40. The Morgan fingerprint density at radius 3 is 2.42 bits per heavy atom. The first kappa shape index (κ1) is 20.2. The number of nitrogens with zero attached hydrogens (tertiary/aromatic N) is 3. The van der Waals surface area contributed by atoms with E-state index in [1.807, 2.05) is 19.9 Å². The van der Waals surface area contributed by atoms with Gasteiger partial charge in [0, 0.05) is 21.4 Å². The fraction of sp³-hybridized carbons (Fsp3) is 0.294. The van der Waals surface area contributed by atoms with E-state index in [1.165, 1.54) is 18.0 Å². The zero-order valence-electron chi connectivity index (χ0n) is 14.9. The highest BCUT2D eigenvalue weighted by Crippen LogP contribution is 2.32. The number of aryl methyl sites for hydroxylation is 2. The van der Waals surface area contributed by atoms with E-state index in [1.54, 1.807) is 26.4 Å². The maximum absolute atomic E-state index is 11.9. The van der Waals surface area contributed by atoms with Crippen molar-refractivity contribution < 1.29 is 14.3 Å².